The molecule has 1 aliphatic heterocycles. The highest BCUT2D eigenvalue weighted by molar-refractivity contribution is 5.78. The SMILES string of the molecule is CN1CCN(CC2(CC(=N)N)CC2)C(c2ccccc2)C1. The van der Waals surface area contributed by atoms with Crippen LogP contribution in [0, 0.1) is 10.8 Å². The van der Waals surface area contributed by atoms with E-state index in [1.54, 1.807) is 0 Å². The van der Waals surface area contributed by atoms with Crippen molar-refractivity contribution >= 4 is 5.84 Å². The Balaban J connectivity index is 1.74. The maximum atomic E-state index is 7.60. The second-order valence-electron chi connectivity index (χ2n) is 6.86. The molecule has 2 aliphatic rings. The van der Waals surface area contributed by atoms with Crippen molar-refractivity contribution in [1.82, 2.24) is 9.80 Å². The van der Waals surface area contributed by atoms with Crippen LogP contribution in [0.2, 0.25) is 0 Å². The summed E-state index contributed by atoms with van der Waals surface area (Å²) >= 11 is 0. The van der Waals surface area contributed by atoms with E-state index in [0.29, 0.717) is 11.9 Å². The number of nitrogens with one attached hydrogen (secondary N) is 1. The Labute approximate surface area is 127 Å². The van der Waals surface area contributed by atoms with E-state index in [2.05, 4.69) is 47.2 Å². The van der Waals surface area contributed by atoms with Crippen LogP contribution in [-0.4, -0.2) is 48.9 Å². The maximum absolute atomic E-state index is 7.60. The first-order valence-corrected chi connectivity index (χ1v) is 7.88. The van der Waals surface area contributed by atoms with Crippen LogP contribution < -0.4 is 5.73 Å². The summed E-state index contributed by atoms with van der Waals surface area (Å²) in [5.41, 5.74) is 7.34. The Morgan fingerprint density at radius 1 is 1.29 bits per heavy atom. The quantitative estimate of drug-likeness (QED) is 0.643. The molecule has 2 fully saturated rings. The predicted molar refractivity (Wildman–Crippen MR) is 86.5 cm³/mol. The summed E-state index contributed by atoms with van der Waals surface area (Å²) in [4.78, 5) is 5.03. The van der Waals surface area contributed by atoms with Crippen LogP contribution in [0.15, 0.2) is 30.3 Å². The van der Waals surface area contributed by atoms with Gasteiger partial charge in [-0.25, -0.2) is 0 Å². The molecule has 4 heteroatoms. The number of benzene rings is 1. The molecular weight excluding hydrogens is 260 g/mol. The number of likely N-dealkylation sites (N-methyl/N-ethyl adjacent to an activating group) is 1. The summed E-state index contributed by atoms with van der Waals surface area (Å²) in [5, 5.41) is 7.60. The van der Waals surface area contributed by atoms with E-state index in [9.17, 15) is 0 Å². The minimum atomic E-state index is 0.286. The first kappa shape index (κ1) is 14.5. The number of amidine groups is 1. The molecule has 0 bridgehead atoms. The van der Waals surface area contributed by atoms with E-state index in [1.165, 1.54) is 18.4 Å². The van der Waals surface area contributed by atoms with Gasteiger partial charge in [-0.2, -0.15) is 0 Å². The van der Waals surface area contributed by atoms with E-state index in [0.717, 1.165) is 32.6 Å². The number of piperazine rings is 1. The highest BCUT2D eigenvalue weighted by Crippen LogP contribution is 2.50. The molecule has 3 rings (SSSR count). The largest absolute Gasteiger partial charge is 0.388 e. The molecular formula is C17H26N4. The van der Waals surface area contributed by atoms with Crippen molar-refractivity contribution in [3.8, 4) is 0 Å². The third-order valence-electron chi connectivity index (χ3n) is 4.94. The summed E-state index contributed by atoms with van der Waals surface area (Å²) in [6.45, 7) is 4.40. The van der Waals surface area contributed by atoms with E-state index in [-0.39, 0.29) is 5.41 Å². The zero-order valence-corrected chi connectivity index (χ0v) is 12.9. The topological polar surface area (TPSA) is 56.4 Å². The number of nitrogens with zero attached hydrogens (tertiary/aromatic N) is 2. The van der Waals surface area contributed by atoms with Crippen LogP contribution >= 0.6 is 0 Å². The fraction of sp³-hybridized carbons (Fsp3) is 0.588. The number of hydrogen-bond acceptors (Lipinski definition) is 3. The molecule has 1 atom stereocenters. The predicted octanol–water partition coefficient (Wildman–Crippen LogP) is 2.08. The summed E-state index contributed by atoms with van der Waals surface area (Å²) in [6, 6.07) is 11.3. The van der Waals surface area contributed by atoms with Gasteiger partial charge in [0.1, 0.15) is 0 Å². The van der Waals surface area contributed by atoms with Gasteiger partial charge in [0.05, 0.1) is 5.84 Å². The van der Waals surface area contributed by atoms with Gasteiger partial charge in [0.25, 0.3) is 0 Å². The van der Waals surface area contributed by atoms with Crippen molar-refractivity contribution in [2.75, 3.05) is 33.2 Å². The van der Waals surface area contributed by atoms with Crippen molar-refractivity contribution in [3.05, 3.63) is 35.9 Å². The molecule has 21 heavy (non-hydrogen) atoms. The zero-order valence-electron chi connectivity index (χ0n) is 12.9. The molecule has 1 unspecified atom stereocenters. The fourth-order valence-corrected chi connectivity index (χ4v) is 3.54. The lowest BCUT2D eigenvalue weighted by atomic mass is 9.96. The Morgan fingerprint density at radius 2 is 2.00 bits per heavy atom. The van der Waals surface area contributed by atoms with Gasteiger partial charge in [0.15, 0.2) is 0 Å². The molecule has 1 saturated heterocycles. The number of nitrogens with two attached hydrogens (primary N) is 1. The summed E-state index contributed by atoms with van der Waals surface area (Å²) in [7, 11) is 2.20. The Bertz CT molecular complexity index is 495. The van der Waals surface area contributed by atoms with Crippen LogP contribution in [0.25, 0.3) is 0 Å². The van der Waals surface area contributed by atoms with E-state index >= 15 is 0 Å². The lowest BCUT2D eigenvalue weighted by Crippen LogP contribution is -2.48. The highest BCUT2D eigenvalue weighted by Gasteiger charge is 2.45. The molecule has 114 valence electrons. The van der Waals surface area contributed by atoms with E-state index in [4.69, 9.17) is 11.1 Å². The van der Waals surface area contributed by atoms with Gasteiger partial charge in [-0.3, -0.25) is 10.3 Å². The van der Waals surface area contributed by atoms with Gasteiger partial charge in [-0.15, -0.1) is 0 Å². The number of rotatable bonds is 5. The second-order valence-corrected chi connectivity index (χ2v) is 6.86. The number of hydrogen-bond donors (Lipinski definition) is 2. The molecule has 1 aromatic rings. The second kappa shape index (κ2) is 5.78. The van der Waals surface area contributed by atoms with E-state index in [1.807, 2.05) is 0 Å². The molecule has 1 saturated carbocycles. The van der Waals surface area contributed by atoms with Gasteiger partial charge in [0, 0.05) is 38.6 Å². The van der Waals surface area contributed by atoms with Gasteiger partial charge in [-0.1, -0.05) is 30.3 Å². The lowest BCUT2D eigenvalue weighted by Gasteiger charge is -2.42. The summed E-state index contributed by atoms with van der Waals surface area (Å²) in [5.74, 6) is 0.345. The molecule has 1 heterocycles. The van der Waals surface area contributed by atoms with Crippen molar-refractivity contribution in [3.63, 3.8) is 0 Å². The first-order chi connectivity index (χ1) is 10.1. The first-order valence-electron chi connectivity index (χ1n) is 7.88. The molecule has 0 spiro atoms. The van der Waals surface area contributed by atoms with Gasteiger partial charge in [0.2, 0.25) is 0 Å². The van der Waals surface area contributed by atoms with Crippen molar-refractivity contribution in [2.24, 2.45) is 11.1 Å². The Hall–Kier alpha value is -1.39. The van der Waals surface area contributed by atoms with Gasteiger partial charge >= 0.3 is 0 Å². The Morgan fingerprint density at radius 3 is 2.62 bits per heavy atom. The zero-order chi connectivity index (χ0) is 14.9. The third kappa shape index (κ3) is 3.44. The fourth-order valence-electron chi connectivity index (χ4n) is 3.54. The standard InChI is InChI=1S/C17H26N4/c1-20-9-10-21(13-17(7-8-17)11-16(18)19)15(12-20)14-5-3-2-4-6-14/h2-6,15H,7-13H2,1H3,(H3,18,19). The molecule has 3 N–H and O–H groups in total. The molecule has 1 aliphatic carbocycles. The maximum Gasteiger partial charge on any atom is 0.0911 e. The van der Waals surface area contributed by atoms with Crippen LogP contribution in [0.1, 0.15) is 30.9 Å². The van der Waals surface area contributed by atoms with Crippen molar-refractivity contribution < 1.29 is 0 Å². The van der Waals surface area contributed by atoms with Crippen LogP contribution in [-0.2, 0) is 0 Å². The van der Waals surface area contributed by atoms with Crippen LogP contribution in [0.4, 0.5) is 0 Å². The molecule has 0 radical (unpaired) electrons. The third-order valence-corrected chi connectivity index (χ3v) is 4.94. The highest BCUT2D eigenvalue weighted by atomic mass is 15.3. The minimum absolute atomic E-state index is 0.286. The Kier molecular flexibility index (Phi) is 4.00. The lowest BCUT2D eigenvalue weighted by molar-refractivity contribution is 0.0715. The average Bonchev–Trinajstić information content (AvgIpc) is 3.20. The monoisotopic (exact) mass is 286 g/mol. The van der Waals surface area contributed by atoms with E-state index < -0.39 is 0 Å². The molecule has 0 amide bonds. The normalized spacial score (nSPS) is 25.7. The molecule has 1 aromatic carbocycles. The van der Waals surface area contributed by atoms with Gasteiger partial charge < -0.3 is 10.6 Å². The van der Waals surface area contributed by atoms with Crippen LogP contribution in [0.3, 0.4) is 0 Å². The molecule has 0 aromatic heterocycles. The smallest absolute Gasteiger partial charge is 0.0911 e. The summed E-state index contributed by atoms with van der Waals surface area (Å²) < 4.78 is 0. The van der Waals surface area contributed by atoms with Gasteiger partial charge in [-0.05, 0) is 30.9 Å². The average molecular weight is 286 g/mol. The minimum Gasteiger partial charge on any atom is -0.388 e. The summed E-state index contributed by atoms with van der Waals surface area (Å²) in [6.07, 6.45) is 3.21. The van der Waals surface area contributed by atoms with Crippen LogP contribution in [0.5, 0.6) is 0 Å². The van der Waals surface area contributed by atoms with Crippen molar-refractivity contribution in [2.45, 2.75) is 25.3 Å². The van der Waals surface area contributed by atoms with Crippen molar-refractivity contribution in [1.29, 1.82) is 5.41 Å². The molecule has 4 nitrogen and oxygen atoms in total.